The number of rotatable bonds is 12. The van der Waals surface area contributed by atoms with Crippen LogP contribution in [0.15, 0.2) is 77.7 Å². The second kappa shape index (κ2) is 15.4. The number of carbonyl (C=O) groups excluding carboxylic acids is 3. The van der Waals surface area contributed by atoms with E-state index in [0.717, 1.165) is 17.7 Å². The van der Waals surface area contributed by atoms with Gasteiger partial charge in [0, 0.05) is 30.4 Å². The van der Waals surface area contributed by atoms with Gasteiger partial charge < -0.3 is 29.7 Å². The highest BCUT2D eigenvalue weighted by atomic mass is 32.2. The summed E-state index contributed by atoms with van der Waals surface area (Å²) in [5.41, 5.74) is 1.33. The number of halogens is 1. The van der Waals surface area contributed by atoms with Crippen molar-refractivity contribution in [3.63, 3.8) is 0 Å². The van der Waals surface area contributed by atoms with Crippen LogP contribution < -0.4 is 20.1 Å². The molecule has 0 spiro atoms. The topological polar surface area (TPSA) is 152 Å². The maximum atomic E-state index is 13.6. The molecule has 250 valence electrons. The van der Waals surface area contributed by atoms with E-state index in [1.54, 1.807) is 4.90 Å². The largest absolute Gasteiger partial charge is 0.495 e. The van der Waals surface area contributed by atoms with Gasteiger partial charge in [-0.05, 0) is 67.1 Å². The number of nitrogens with one attached hydrogen (secondary N) is 3. The van der Waals surface area contributed by atoms with Crippen LogP contribution in [0.4, 0.5) is 14.9 Å². The van der Waals surface area contributed by atoms with Crippen LogP contribution in [0.2, 0.25) is 0 Å². The summed E-state index contributed by atoms with van der Waals surface area (Å²) in [6.07, 6.45) is 1.01. The minimum atomic E-state index is -3.91. The molecule has 0 bridgehead atoms. The number of sulfonamides is 1. The molecule has 14 heteroatoms. The summed E-state index contributed by atoms with van der Waals surface area (Å²) in [6.45, 7) is 1.57. The first-order valence-electron chi connectivity index (χ1n) is 15.2. The van der Waals surface area contributed by atoms with Gasteiger partial charge in [0.1, 0.15) is 29.1 Å². The molecule has 0 radical (unpaired) electrons. The summed E-state index contributed by atoms with van der Waals surface area (Å²) in [4.78, 5) is 40.9. The molecule has 0 aromatic heterocycles. The number of ether oxygens (including phenoxy) is 3. The number of hydrogen-bond acceptors (Lipinski definition) is 8. The Kier molecular flexibility index (Phi) is 11.1. The van der Waals surface area contributed by atoms with Crippen LogP contribution in [0, 0.1) is 11.7 Å². The molecule has 5 rings (SSSR count). The van der Waals surface area contributed by atoms with E-state index in [2.05, 4.69) is 15.4 Å². The highest BCUT2D eigenvalue weighted by molar-refractivity contribution is 7.89. The summed E-state index contributed by atoms with van der Waals surface area (Å²) < 4.78 is 57.6. The minimum absolute atomic E-state index is 0.0129. The van der Waals surface area contributed by atoms with Gasteiger partial charge in [0.15, 0.2) is 0 Å². The number of amides is 3. The smallest absolute Gasteiger partial charge is 0.410 e. The number of hydrogen-bond donors (Lipinski definition) is 3. The van der Waals surface area contributed by atoms with Crippen molar-refractivity contribution in [2.45, 2.75) is 42.8 Å². The molecule has 2 heterocycles. The fraction of sp³-hybridized carbons (Fsp3) is 0.364. The van der Waals surface area contributed by atoms with E-state index in [1.807, 2.05) is 30.3 Å². The molecule has 0 aliphatic carbocycles. The van der Waals surface area contributed by atoms with Crippen molar-refractivity contribution in [2.24, 2.45) is 5.92 Å². The molecular weight excluding hydrogens is 631 g/mol. The van der Waals surface area contributed by atoms with E-state index >= 15 is 0 Å². The summed E-state index contributed by atoms with van der Waals surface area (Å²) in [5, 5.41) is 5.52. The number of piperidine rings is 1. The van der Waals surface area contributed by atoms with Crippen molar-refractivity contribution in [3.8, 4) is 5.75 Å². The van der Waals surface area contributed by atoms with Crippen LogP contribution in [0.25, 0.3) is 0 Å². The van der Waals surface area contributed by atoms with Crippen LogP contribution in [0.5, 0.6) is 5.75 Å². The summed E-state index contributed by atoms with van der Waals surface area (Å²) in [5.74, 6) is -1.58. The molecule has 3 N–H and O–H groups in total. The zero-order chi connectivity index (χ0) is 33.4. The lowest BCUT2D eigenvalue weighted by atomic mass is 9.89. The van der Waals surface area contributed by atoms with Crippen LogP contribution >= 0.6 is 0 Å². The predicted molar refractivity (Wildman–Crippen MR) is 170 cm³/mol. The molecule has 3 aromatic rings. The third-order valence-electron chi connectivity index (χ3n) is 8.06. The standard InChI is InChI=1S/C33H37FN4O8S/c1-44-29-18-26(11-12-30(29)47(42,43)37-27-20-45-21-27)35-32(40)28(36-31(39)24-7-9-25(34)10-8-24)17-22-13-15-38(16-14-22)33(41)46-19-23-5-3-2-4-6-23/h2-12,18,22,27-28,37H,13-17,19-21H2,1H3,(H,35,40)(H,36,39)/t28-/m0/s1. The molecule has 12 nitrogen and oxygen atoms in total. The molecule has 2 saturated heterocycles. The average Bonchev–Trinajstić information content (AvgIpc) is 3.06. The van der Waals surface area contributed by atoms with Gasteiger partial charge in [0.25, 0.3) is 5.91 Å². The van der Waals surface area contributed by atoms with Gasteiger partial charge >= 0.3 is 6.09 Å². The molecule has 2 aliphatic heterocycles. The van der Waals surface area contributed by atoms with Crippen LogP contribution in [0.3, 0.4) is 0 Å². The van der Waals surface area contributed by atoms with Crippen LogP contribution in [-0.4, -0.2) is 76.7 Å². The van der Waals surface area contributed by atoms with Gasteiger partial charge in [0.2, 0.25) is 15.9 Å². The third-order valence-corrected chi connectivity index (χ3v) is 9.62. The molecule has 3 aromatic carbocycles. The van der Waals surface area contributed by atoms with Crippen LogP contribution in [0.1, 0.15) is 35.2 Å². The summed E-state index contributed by atoms with van der Waals surface area (Å²) in [7, 11) is -2.59. The number of anilines is 1. The normalized spacial score (nSPS) is 16.1. The number of nitrogens with zero attached hydrogens (tertiary/aromatic N) is 1. The van der Waals surface area contributed by atoms with Crippen molar-refractivity contribution in [3.05, 3.63) is 89.7 Å². The first-order valence-corrected chi connectivity index (χ1v) is 16.7. The molecule has 0 saturated carbocycles. The van der Waals surface area contributed by atoms with Crippen molar-refractivity contribution in [1.29, 1.82) is 0 Å². The first kappa shape index (κ1) is 33.8. The molecule has 47 heavy (non-hydrogen) atoms. The highest BCUT2D eigenvalue weighted by Crippen LogP contribution is 2.29. The lowest BCUT2D eigenvalue weighted by Gasteiger charge is -2.33. The second-order valence-corrected chi connectivity index (χ2v) is 13.1. The van der Waals surface area contributed by atoms with Crippen molar-refractivity contribution in [1.82, 2.24) is 14.9 Å². The maximum Gasteiger partial charge on any atom is 0.410 e. The van der Waals surface area contributed by atoms with E-state index in [-0.39, 0.29) is 60.1 Å². The van der Waals surface area contributed by atoms with Gasteiger partial charge in [-0.25, -0.2) is 22.3 Å². The molecule has 3 amide bonds. The highest BCUT2D eigenvalue weighted by Gasteiger charge is 2.31. The Labute approximate surface area is 272 Å². The Morgan fingerprint density at radius 2 is 1.70 bits per heavy atom. The molecule has 2 fully saturated rings. The molecule has 1 atom stereocenters. The van der Waals surface area contributed by atoms with Crippen LogP contribution in [-0.2, 0) is 30.9 Å². The number of carbonyl (C=O) groups is 3. The van der Waals surface area contributed by atoms with Crippen molar-refractivity contribution < 1.29 is 41.4 Å². The van der Waals surface area contributed by atoms with Gasteiger partial charge in [-0.3, -0.25) is 9.59 Å². The third kappa shape index (κ3) is 9.05. The maximum absolute atomic E-state index is 13.6. The number of benzene rings is 3. The Morgan fingerprint density at radius 3 is 2.34 bits per heavy atom. The first-order chi connectivity index (χ1) is 22.6. The SMILES string of the molecule is COc1cc(NC(=O)[C@H](CC2CCN(C(=O)OCc3ccccc3)CC2)NC(=O)c2ccc(F)cc2)ccc1S(=O)(=O)NC1COC1. The van der Waals surface area contributed by atoms with E-state index < -0.39 is 39.8 Å². The zero-order valence-corrected chi connectivity index (χ0v) is 26.6. The quantitative estimate of drug-likeness (QED) is 0.264. The Balaban J connectivity index is 1.24. The monoisotopic (exact) mass is 668 g/mol. The fourth-order valence-corrected chi connectivity index (χ4v) is 6.71. The summed E-state index contributed by atoms with van der Waals surface area (Å²) >= 11 is 0. The zero-order valence-electron chi connectivity index (χ0n) is 25.8. The van der Waals surface area contributed by atoms with Gasteiger partial charge in [-0.1, -0.05) is 30.3 Å². The molecule has 2 aliphatic rings. The van der Waals surface area contributed by atoms with Crippen molar-refractivity contribution >= 4 is 33.6 Å². The Bertz CT molecular complexity index is 1660. The minimum Gasteiger partial charge on any atom is -0.495 e. The van der Waals surface area contributed by atoms with E-state index in [4.69, 9.17) is 14.2 Å². The Morgan fingerprint density at radius 1 is 1.00 bits per heavy atom. The number of likely N-dealkylation sites (tertiary alicyclic amines) is 1. The lowest BCUT2D eigenvalue weighted by molar-refractivity contribution is -0.118. The average molecular weight is 669 g/mol. The summed E-state index contributed by atoms with van der Waals surface area (Å²) in [6, 6.07) is 17.2. The van der Waals surface area contributed by atoms with E-state index in [1.165, 1.54) is 37.4 Å². The van der Waals surface area contributed by atoms with E-state index in [0.29, 0.717) is 25.9 Å². The lowest BCUT2D eigenvalue weighted by Crippen LogP contribution is -2.48. The Hall–Kier alpha value is -4.53. The number of methoxy groups -OCH3 is 1. The van der Waals surface area contributed by atoms with Gasteiger partial charge in [-0.15, -0.1) is 0 Å². The molecule has 0 unspecified atom stereocenters. The fourth-order valence-electron chi connectivity index (χ4n) is 5.35. The van der Waals surface area contributed by atoms with Crippen molar-refractivity contribution in [2.75, 3.05) is 38.7 Å². The predicted octanol–water partition coefficient (Wildman–Crippen LogP) is 3.69. The van der Waals surface area contributed by atoms with Gasteiger partial charge in [0.05, 0.1) is 26.4 Å². The molecular formula is C33H37FN4O8S. The second-order valence-electron chi connectivity index (χ2n) is 11.4. The van der Waals surface area contributed by atoms with Gasteiger partial charge in [-0.2, -0.15) is 0 Å². The van der Waals surface area contributed by atoms with E-state index in [9.17, 15) is 27.2 Å².